The van der Waals surface area contributed by atoms with E-state index in [4.69, 9.17) is 5.26 Å². The summed E-state index contributed by atoms with van der Waals surface area (Å²) >= 11 is 0. The third-order valence-corrected chi connectivity index (χ3v) is 4.63. The van der Waals surface area contributed by atoms with Gasteiger partial charge in [0.05, 0.1) is 12.3 Å². The fourth-order valence-corrected chi connectivity index (χ4v) is 3.76. The van der Waals surface area contributed by atoms with Gasteiger partial charge in [0.2, 0.25) is 0 Å². The van der Waals surface area contributed by atoms with Crippen LogP contribution in [-0.4, -0.2) is 34.2 Å². The first kappa shape index (κ1) is 11.7. The molecule has 1 aliphatic carbocycles. The van der Waals surface area contributed by atoms with E-state index in [-0.39, 0.29) is 0 Å². The van der Waals surface area contributed by atoms with Crippen molar-refractivity contribution in [3.8, 4) is 6.07 Å². The molecule has 3 rings (SSSR count). The van der Waals surface area contributed by atoms with Gasteiger partial charge in [-0.2, -0.15) is 10.4 Å². The summed E-state index contributed by atoms with van der Waals surface area (Å²) < 4.78 is 0. The minimum Gasteiger partial charge on any atom is -0.300 e. The molecular formula is C14H20N4. The molecule has 1 saturated heterocycles. The molecule has 3 atom stereocenters. The molecule has 96 valence electrons. The lowest BCUT2D eigenvalue weighted by molar-refractivity contribution is 0.0545. The third-order valence-electron chi connectivity index (χ3n) is 4.63. The van der Waals surface area contributed by atoms with E-state index in [1.807, 2.05) is 6.20 Å². The maximum absolute atomic E-state index is 8.91. The highest BCUT2D eigenvalue weighted by molar-refractivity contribution is 5.23. The van der Waals surface area contributed by atoms with Gasteiger partial charge in [-0.3, -0.25) is 10.00 Å². The average Bonchev–Trinajstić information content (AvgIpc) is 2.82. The maximum atomic E-state index is 8.91. The molecule has 0 aromatic carbocycles. The minimum atomic E-state index is 0.556. The molecule has 18 heavy (non-hydrogen) atoms. The summed E-state index contributed by atoms with van der Waals surface area (Å²) in [5.41, 5.74) is 2.72. The quantitative estimate of drug-likeness (QED) is 0.862. The number of aromatic nitrogens is 2. The summed E-state index contributed by atoms with van der Waals surface area (Å²) in [7, 11) is 0. The largest absolute Gasteiger partial charge is 0.300 e. The monoisotopic (exact) mass is 244 g/mol. The Labute approximate surface area is 108 Å². The van der Waals surface area contributed by atoms with E-state index in [0.717, 1.165) is 25.9 Å². The number of H-pyrrole nitrogens is 1. The first-order valence-corrected chi connectivity index (χ1v) is 6.94. The van der Waals surface area contributed by atoms with Crippen LogP contribution in [0.3, 0.4) is 0 Å². The molecule has 1 aromatic heterocycles. The average molecular weight is 244 g/mol. The second-order valence-corrected chi connectivity index (χ2v) is 5.66. The van der Waals surface area contributed by atoms with E-state index in [9.17, 15) is 0 Å². The minimum absolute atomic E-state index is 0.556. The molecule has 0 saturated carbocycles. The number of hydrogen-bond acceptors (Lipinski definition) is 3. The number of nitrogens with one attached hydrogen (secondary N) is 1. The smallest absolute Gasteiger partial charge is 0.0625 e. The third kappa shape index (κ3) is 1.93. The van der Waals surface area contributed by atoms with Crippen LogP contribution in [0.25, 0.3) is 0 Å². The lowest BCUT2D eigenvalue weighted by Gasteiger charge is -2.46. The molecule has 4 nitrogen and oxygen atoms in total. The lowest BCUT2D eigenvalue weighted by Crippen LogP contribution is -2.51. The molecule has 0 spiro atoms. The molecular weight excluding hydrogens is 224 g/mol. The molecule has 1 aliphatic heterocycles. The predicted octanol–water partition coefficient (Wildman–Crippen LogP) is 1.75. The highest BCUT2D eigenvalue weighted by Gasteiger charge is 2.38. The van der Waals surface area contributed by atoms with Crippen molar-refractivity contribution in [1.82, 2.24) is 15.1 Å². The second kappa shape index (κ2) is 4.74. The highest BCUT2D eigenvalue weighted by Crippen LogP contribution is 2.37. The Balaban J connectivity index is 1.82. The molecule has 0 bridgehead atoms. The number of piperidine rings is 1. The van der Waals surface area contributed by atoms with Crippen molar-refractivity contribution in [3.63, 3.8) is 0 Å². The van der Waals surface area contributed by atoms with Crippen molar-refractivity contribution in [2.45, 2.75) is 38.6 Å². The fourth-order valence-electron chi connectivity index (χ4n) is 3.76. The first-order valence-electron chi connectivity index (χ1n) is 6.94. The Hall–Kier alpha value is -1.34. The Bertz CT molecular complexity index is 459. The molecule has 1 N–H and O–H groups in total. The van der Waals surface area contributed by atoms with Gasteiger partial charge in [-0.25, -0.2) is 0 Å². The summed E-state index contributed by atoms with van der Waals surface area (Å²) in [6.45, 7) is 4.42. The van der Waals surface area contributed by atoms with Crippen LogP contribution >= 0.6 is 0 Å². The van der Waals surface area contributed by atoms with Crippen LogP contribution in [0.1, 0.15) is 31.0 Å². The molecule has 0 amide bonds. The van der Waals surface area contributed by atoms with Gasteiger partial charge in [0.25, 0.3) is 0 Å². The van der Waals surface area contributed by atoms with Crippen LogP contribution in [0, 0.1) is 23.2 Å². The first-order chi connectivity index (χ1) is 8.81. The Morgan fingerprint density at radius 2 is 2.44 bits per heavy atom. The van der Waals surface area contributed by atoms with Crippen molar-refractivity contribution in [2.24, 2.45) is 11.8 Å². The number of nitriles is 1. The topological polar surface area (TPSA) is 55.7 Å². The van der Waals surface area contributed by atoms with Crippen LogP contribution in [0.4, 0.5) is 0 Å². The summed E-state index contributed by atoms with van der Waals surface area (Å²) in [4.78, 5) is 2.58. The number of nitrogens with zero attached hydrogens (tertiary/aromatic N) is 3. The van der Waals surface area contributed by atoms with Gasteiger partial charge in [-0.1, -0.05) is 6.92 Å². The van der Waals surface area contributed by atoms with Crippen LogP contribution < -0.4 is 0 Å². The van der Waals surface area contributed by atoms with Crippen LogP contribution in [0.15, 0.2) is 6.20 Å². The number of rotatable bonds is 2. The summed E-state index contributed by atoms with van der Waals surface area (Å²) in [6.07, 6.45) is 6.13. The zero-order valence-corrected chi connectivity index (χ0v) is 10.9. The van der Waals surface area contributed by atoms with E-state index in [2.05, 4.69) is 28.1 Å². The summed E-state index contributed by atoms with van der Waals surface area (Å²) in [6, 6.07) is 3.01. The van der Waals surface area contributed by atoms with E-state index in [1.165, 1.54) is 17.7 Å². The maximum Gasteiger partial charge on any atom is 0.0625 e. The molecule has 4 heteroatoms. The molecule has 1 fully saturated rings. The Morgan fingerprint density at radius 1 is 1.56 bits per heavy atom. The molecule has 0 radical (unpaired) electrons. The predicted molar refractivity (Wildman–Crippen MR) is 68.9 cm³/mol. The lowest BCUT2D eigenvalue weighted by atomic mass is 9.74. The van der Waals surface area contributed by atoms with Crippen LogP contribution in [0.2, 0.25) is 0 Å². The van der Waals surface area contributed by atoms with Crippen LogP contribution in [0.5, 0.6) is 0 Å². The van der Waals surface area contributed by atoms with E-state index in [1.54, 1.807) is 0 Å². The fraction of sp³-hybridized carbons (Fsp3) is 0.714. The Morgan fingerprint density at radius 3 is 3.22 bits per heavy atom. The van der Waals surface area contributed by atoms with Gasteiger partial charge >= 0.3 is 0 Å². The normalized spacial score (nSPS) is 31.4. The molecule has 1 aromatic rings. The highest BCUT2D eigenvalue weighted by atomic mass is 15.2. The van der Waals surface area contributed by atoms with E-state index >= 15 is 0 Å². The standard InChI is InChI=1S/C14H20N4/c1-2-18-9-10(3-4-15)5-11-6-13-12(7-14(11)18)8-16-17-13/h8,10-11,14H,2-3,5-7,9H2,1H3,(H,16,17). The number of aromatic amines is 1. The second-order valence-electron chi connectivity index (χ2n) is 5.66. The van der Waals surface area contributed by atoms with Crippen molar-refractivity contribution in [3.05, 3.63) is 17.5 Å². The zero-order chi connectivity index (χ0) is 12.5. The number of likely N-dealkylation sites (tertiary alicyclic amines) is 1. The van der Waals surface area contributed by atoms with Crippen LogP contribution in [-0.2, 0) is 12.8 Å². The number of fused-ring (bicyclic) bond motifs is 2. The van der Waals surface area contributed by atoms with Crippen molar-refractivity contribution < 1.29 is 0 Å². The molecule has 2 heterocycles. The zero-order valence-electron chi connectivity index (χ0n) is 10.9. The van der Waals surface area contributed by atoms with Crippen molar-refractivity contribution in [1.29, 1.82) is 5.26 Å². The molecule has 3 unspecified atom stereocenters. The van der Waals surface area contributed by atoms with Gasteiger partial charge in [-0.05, 0) is 43.2 Å². The van der Waals surface area contributed by atoms with Gasteiger partial charge in [0.15, 0.2) is 0 Å². The summed E-state index contributed by atoms with van der Waals surface area (Å²) in [5.74, 6) is 1.26. The number of hydrogen-bond donors (Lipinski definition) is 1. The van der Waals surface area contributed by atoms with Crippen molar-refractivity contribution in [2.75, 3.05) is 13.1 Å². The Kier molecular flexibility index (Phi) is 3.09. The van der Waals surface area contributed by atoms with Gasteiger partial charge in [0.1, 0.15) is 0 Å². The van der Waals surface area contributed by atoms with Crippen molar-refractivity contribution >= 4 is 0 Å². The van der Waals surface area contributed by atoms with Gasteiger partial charge in [0, 0.05) is 24.7 Å². The van der Waals surface area contributed by atoms with E-state index in [0.29, 0.717) is 24.3 Å². The van der Waals surface area contributed by atoms with E-state index < -0.39 is 0 Å². The SMILES string of the molecule is CCN1CC(CC#N)CC2Cc3[nH]ncc3CC21. The molecule has 2 aliphatic rings. The van der Waals surface area contributed by atoms with Gasteiger partial charge < -0.3 is 0 Å². The summed E-state index contributed by atoms with van der Waals surface area (Å²) in [5, 5.41) is 16.2. The number of likely N-dealkylation sites (N-methyl/N-ethyl adjacent to an activating group) is 1. The van der Waals surface area contributed by atoms with Gasteiger partial charge in [-0.15, -0.1) is 0 Å².